The number of sulfonamides is 1. The van der Waals surface area contributed by atoms with Gasteiger partial charge < -0.3 is 5.11 Å². The number of nitrogens with zero attached hydrogens (tertiary/aromatic N) is 1. The van der Waals surface area contributed by atoms with Crippen LogP contribution in [0.25, 0.3) is 0 Å². The van der Waals surface area contributed by atoms with Gasteiger partial charge >= 0.3 is 0 Å². The fourth-order valence-corrected chi connectivity index (χ4v) is 4.13. The lowest BCUT2D eigenvalue weighted by Gasteiger charge is -2.18. The molecule has 1 aromatic rings. The Morgan fingerprint density at radius 2 is 2.11 bits per heavy atom. The largest absolute Gasteiger partial charge is 0.396 e. The van der Waals surface area contributed by atoms with Crippen LogP contribution in [-0.2, 0) is 10.0 Å². The van der Waals surface area contributed by atoms with E-state index < -0.39 is 10.0 Å². The van der Waals surface area contributed by atoms with Gasteiger partial charge in [-0.2, -0.15) is 4.31 Å². The first-order valence-corrected chi connectivity index (χ1v) is 7.57. The third kappa shape index (κ3) is 2.43. The smallest absolute Gasteiger partial charge is 0.243 e. The van der Waals surface area contributed by atoms with Crippen molar-refractivity contribution in [3.8, 4) is 0 Å². The standard InChI is InChI=1S/C13H19NO3S/c1-10-3-4-11(2)13(7-10)18(16,17)14-6-5-12(8-14)9-15/h3-4,7,12,15H,5-6,8-9H2,1-2H3. The number of hydrogen-bond acceptors (Lipinski definition) is 3. The van der Waals surface area contributed by atoms with Gasteiger partial charge in [-0.05, 0) is 43.4 Å². The van der Waals surface area contributed by atoms with Gasteiger partial charge in [-0.25, -0.2) is 8.42 Å². The topological polar surface area (TPSA) is 57.6 Å². The second-order valence-corrected chi connectivity index (χ2v) is 6.88. The third-order valence-corrected chi connectivity index (χ3v) is 5.48. The molecule has 100 valence electrons. The highest BCUT2D eigenvalue weighted by Crippen LogP contribution is 2.26. The molecule has 1 saturated heterocycles. The van der Waals surface area contributed by atoms with Crippen LogP contribution in [0.5, 0.6) is 0 Å². The fraction of sp³-hybridized carbons (Fsp3) is 0.538. The van der Waals surface area contributed by atoms with Crippen molar-refractivity contribution in [3.05, 3.63) is 29.3 Å². The van der Waals surface area contributed by atoms with Gasteiger partial charge in [-0.3, -0.25) is 0 Å². The predicted octanol–water partition coefficient (Wildman–Crippen LogP) is 1.31. The van der Waals surface area contributed by atoms with Crippen molar-refractivity contribution in [2.45, 2.75) is 25.2 Å². The highest BCUT2D eigenvalue weighted by atomic mass is 32.2. The first-order chi connectivity index (χ1) is 8.45. The number of aryl methyl sites for hydroxylation is 2. The minimum atomic E-state index is -3.41. The Morgan fingerprint density at radius 1 is 1.39 bits per heavy atom. The summed E-state index contributed by atoms with van der Waals surface area (Å²) in [6, 6.07) is 5.47. The molecule has 0 spiro atoms. The van der Waals surface area contributed by atoms with E-state index in [-0.39, 0.29) is 12.5 Å². The summed E-state index contributed by atoms with van der Waals surface area (Å²) in [5.74, 6) is 0.0740. The van der Waals surface area contributed by atoms with E-state index >= 15 is 0 Å². The van der Waals surface area contributed by atoms with E-state index in [1.165, 1.54) is 4.31 Å². The Labute approximate surface area is 108 Å². The Morgan fingerprint density at radius 3 is 2.72 bits per heavy atom. The second kappa shape index (κ2) is 4.99. The zero-order chi connectivity index (χ0) is 13.3. The van der Waals surface area contributed by atoms with Gasteiger partial charge in [0.05, 0.1) is 4.90 Å². The molecule has 1 N–H and O–H groups in total. The third-order valence-electron chi connectivity index (χ3n) is 3.47. The lowest BCUT2D eigenvalue weighted by atomic mass is 10.1. The molecule has 1 aromatic carbocycles. The van der Waals surface area contributed by atoms with Gasteiger partial charge in [0.15, 0.2) is 0 Å². The van der Waals surface area contributed by atoms with Crippen molar-refractivity contribution >= 4 is 10.0 Å². The SMILES string of the molecule is Cc1ccc(C)c(S(=O)(=O)N2CCC(CO)C2)c1. The van der Waals surface area contributed by atoms with Crippen LogP contribution in [0.15, 0.2) is 23.1 Å². The number of aliphatic hydroxyl groups is 1. The molecule has 1 atom stereocenters. The summed E-state index contributed by atoms with van der Waals surface area (Å²) in [5, 5.41) is 9.10. The van der Waals surface area contributed by atoms with E-state index in [9.17, 15) is 8.42 Å². The molecule has 0 aliphatic carbocycles. The maximum atomic E-state index is 12.5. The molecule has 18 heavy (non-hydrogen) atoms. The van der Waals surface area contributed by atoms with Crippen LogP contribution in [0.3, 0.4) is 0 Å². The Kier molecular flexibility index (Phi) is 3.75. The Bertz CT molecular complexity index is 539. The van der Waals surface area contributed by atoms with Crippen LogP contribution in [0, 0.1) is 19.8 Å². The van der Waals surface area contributed by atoms with Crippen LogP contribution in [0.4, 0.5) is 0 Å². The quantitative estimate of drug-likeness (QED) is 0.900. The molecule has 5 heteroatoms. The zero-order valence-electron chi connectivity index (χ0n) is 10.8. The van der Waals surface area contributed by atoms with Crippen molar-refractivity contribution in [2.24, 2.45) is 5.92 Å². The summed E-state index contributed by atoms with van der Waals surface area (Å²) in [4.78, 5) is 0.390. The van der Waals surface area contributed by atoms with Crippen LogP contribution >= 0.6 is 0 Å². The molecule has 1 aliphatic heterocycles. The van der Waals surface area contributed by atoms with Gasteiger partial charge in [0.2, 0.25) is 10.0 Å². The molecule has 1 aliphatic rings. The molecule has 4 nitrogen and oxygen atoms in total. The van der Waals surface area contributed by atoms with Crippen LogP contribution in [0.2, 0.25) is 0 Å². The predicted molar refractivity (Wildman–Crippen MR) is 69.9 cm³/mol. The van der Waals surface area contributed by atoms with E-state index in [2.05, 4.69) is 0 Å². The number of rotatable bonds is 3. The van der Waals surface area contributed by atoms with Gasteiger partial charge in [0.25, 0.3) is 0 Å². The molecule has 1 heterocycles. The van der Waals surface area contributed by atoms with Crippen LogP contribution in [-0.4, -0.2) is 37.5 Å². The molecular formula is C13H19NO3S. The lowest BCUT2D eigenvalue weighted by molar-refractivity contribution is 0.233. The highest BCUT2D eigenvalue weighted by molar-refractivity contribution is 7.89. The van der Waals surface area contributed by atoms with Gasteiger partial charge in [-0.1, -0.05) is 12.1 Å². The Hall–Kier alpha value is -0.910. The van der Waals surface area contributed by atoms with Gasteiger partial charge in [0.1, 0.15) is 0 Å². The summed E-state index contributed by atoms with van der Waals surface area (Å²) in [6.45, 7) is 4.68. The summed E-state index contributed by atoms with van der Waals surface area (Å²) in [6.07, 6.45) is 0.737. The van der Waals surface area contributed by atoms with E-state index in [4.69, 9.17) is 5.11 Å². The average Bonchev–Trinajstić information content (AvgIpc) is 2.81. The average molecular weight is 269 g/mol. The van der Waals surface area contributed by atoms with Gasteiger partial charge in [-0.15, -0.1) is 0 Å². The monoisotopic (exact) mass is 269 g/mol. The van der Waals surface area contributed by atoms with Crippen molar-refractivity contribution in [1.29, 1.82) is 0 Å². The van der Waals surface area contributed by atoms with Crippen molar-refractivity contribution in [1.82, 2.24) is 4.31 Å². The van der Waals surface area contributed by atoms with Crippen LogP contribution < -0.4 is 0 Å². The highest BCUT2D eigenvalue weighted by Gasteiger charge is 2.32. The maximum absolute atomic E-state index is 12.5. The van der Waals surface area contributed by atoms with Crippen molar-refractivity contribution in [2.75, 3.05) is 19.7 Å². The summed E-state index contributed by atoms with van der Waals surface area (Å²) in [7, 11) is -3.41. The number of aliphatic hydroxyl groups excluding tert-OH is 1. The van der Waals surface area contributed by atoms with Crippen LogP contribution in [0.1, 0.15) is 17.5 Å². The van der Waals surface area contributed by atoms with E-state index in [0.29, 0.717) is 18.0 Å². The lowest BCUT2D eigenvalue weighted by Crippen LogP contribution is -2.29. The minimum Gasteiger partial charge on any atom is -0.396 e. The summed E-state index contributed by atoms with van der Waals surface area (Å²) < 4.78 is 26.5. The molecular weight excluding hydrogens is 250 g/mol. The van der Waals surface area contributed by atoms with Crippen molar-refractivity contribution in [3.63, 3.8) is 0 Å². The molecule has 1 unspecified atom stereocenters. The maximum Gasteiger partial charge on any atom is 0.243 e. The summed E-state index contributed by atoms with van der Waals surface area (Å²) >= 11 is 0. The van der Waals surface area contributed by atoms with Gasteiger partial charge in [0, 0.05) is 19.7 Å². The first kappa shape index (κ1) is 13.5. The first-order valence-electron chi connectivity index (χ1n) is 6.13. The Balaban J connectivity index is 2.34. The number of hydrogen-bond donors (Lipinski definition) is 1. The molecule has 0 saturated carbocycles. The molecule has 0 amide bonds. The van der Waals surface area contributed by atoms with E-state index in [0.717, 1.165) is 17.5 Å². The van der Waals surface area contributed by atoms with Crippen molar-refractivity contribution < 1.29 is 13.5 Å². The number of benzene rings is 1. The fourth-order valence-electron chi connectivity index (χ4n) is 2.29. The molecule has 0 radical (unpaired) electrons. The minimum absolute atomic E-state index is 0.0544. The zero-order valence-corrected chi connectivity index (χ0v) is 11.6. The summed E-state index contributed by atoms with van der Waals surface area (Å²) in [5.41, 5.74) is 1.71. The van der Waals surface area contributed by atoms with E-state index in [1.807, 2.05) is 26.0 Å². The molecule has 0 aromatic heterocycles. The normalized spacial score (nSPS) is 21.4. The molecule has 1 fully saturated rings. The molecule has 0 bridgehead atoms. The second-order valence-electron chi connectivity index (χ2n) is 4.97. The van der Waals surface area contributed by atoms with E-state index in [1.54, 1.807) is 6.07 Å². The molecule has 2 rings (SSSR count).